The van der Waals surface area contributed by atoms with Crippen LogP contribution in [0, 0.1) is 10.6 Å². The Morgan fingerprint density at radius 3 is 2.63 bits per heavy atom. The summed E-state index contributed by atoms with van der Waals surface area (Å²) in [6.45, 7) is 5.02. The molecule has 0 amide bonds. The van der Waals surface area contributed by atoms with Crippen molar-refractivity contribution in [2.24, 2.45) is 0 Å². The van der Waals surface area contributed by atoms with Crippen LogP contribution in [-0.2, 0) is 6.54 Å². The summed E-state index contributed by atoms with van der Waals surface area (Å²) in [5, 5.41) is 0. The smallest absolute Gasteiger partial charge is 0.178 e. The molecule has 1 N–H and O–H groups in total. The molecule has 19 heavy (non-hydrogen) atoms. The summed E-state index contributed by atoms with van der Waals surface area (Å²) in [7, 11) is 4.07. The summed E-state index contributed by atoms with van der Waals surface area (Å²) in [6.07, 6.45) is 0. The van der Waals surface area contributed by atoms with E-state index >= 15 is 0 Å². The lowest BCUT2D eigenvalue weighted by Crippen LogP contribution is -2.42. The van der Waals surface area contributed by atoms with Crippen molar-refractivity contribution >= 4 is 39.2 Å². The van der Waals surface area contributed by atoms with Crippen molar-refractivity contribution in [1.29, 1.82) is 0 Å². The van der Waals surface area contributed by atoms with Crippen molar-refractivity contribution in [3.05, 3.63) is 27.2 Å². The van der Waals surface area contributed by atoms with Gasteiger partial charge in [0.2, 0.25) is 0 Å². The second-order valence-electron chi connectivity index (χ2n) is 5.51. The molecule has 0 aliphatic carbocycles. The molecule has 6 heteroatoms. The van der Waals surface area contributed by atoms with Crippen molar-refractivity contribution in [3.8, 4) is 0 Å². The van der Waals surface area contributed by atoms with Gasteiger partial charge in [0.25, 0.3) is 0 Å². The van der Waals surface area contributed by atoms with Crippen LogP contribution in [0.1, 0.15) is 13.8 Å². The van der Waals surface area contributed by atoms with Gasteiger partial charge in [-0.2, -0.15) is 0 Å². The predicted molar refractivity (Wildman–Crippen MR) is 82.5 cm³/mol. The van der Waals surface area contributed by atoms with E-state index in [4.69, 9.17) is 12.2 Å². The van der Waals surface area contributed by atoms with Crippen molar-refractivity contribution in [3.63, 3.8) is 0 Å². The molecule has 0 radical (unpaired) electrons. The number of halogens is 2. The molecule has 2 rings (SSSR count). The molecule has 3 nitrogen and oxygen atoms in total. The molecule has 0 aliphatic heterocycles. The van der Waals surface area contributed by atoms with Gasteiger partial charge in [0.15, 0.2) is 4.77 Å². The Bertz CT molecular complexity index is 672. The molecular formula is C13H17BrFN3S. The molecular weight excluding hydrogens is 329 g/mol. The van der Waals surface area contributed by atoms with E-state index in [1.54, 1.807) is 6.07 Å². The van der Waals surface area contributed by atoms with Gasteiger partial charge in [-0.3, -0.25) is 0 Å². The number of aromatic amines is 1. The molecule has 0 saturated heterocycles. The first kappa shape index (κ1) is 14.7. The summed E-state index contributed by atoms with van der Waals surface area (Å²) in [5.41, 5.74) is 1.59. The van der Waals surface area contributed by atoms with Crippen LogP contribution in [0.4, 0.5) is 4.39 Å². The summed E-state index contributed by atoms with van der Waals surface area (Å²) in [4.78, 5) is 5.20. The molecule has 1 aromatic carbocycles. The predicted octanol–water partition coefficient (Wildman–Crippen LogP) is 3.94. The number of nitrogens with one attached hydrogen (secondary N) is 1. The monoisotopic (exact) mass is 345 g/mol. The molecule has 1 aromatic heterocycles. The minimum atomic E-state index is -0.289. The molecule has 0 unspecified atom stereocenters. The summed E-state index contributed by atoms with van der Waals surface area (Å²) >= 11 is 8.57. The fourth-order valence-electron chi connectivity index (χ4n) is 1.84. The first-order valence-electron chi connectivity index (χ1n) is 5.97. The fourth-order valence-corrected chi connectivity index (χ4v) is 2.44. The number of hydrogen-bond acceptors (Lipinski definition) is 2. The average molecular weight is 346 g/mol. The third kappa shape index (κ3) is 2.75. The highest BCUT2D eigenvalue weighted by Crippen LogP contribution is 2.25. The summed E-state index contributed by atoms with van der Waals surface area (Å²) in [5.74, 6) is -0.289. The number of rotatable bonds is 3. The minimum absolute atomic E-state index is 0.0474. The Kier molecular flexibility index (Phi) is 3.86. The maximum atomic E-state index is 13.5. The van der Waals surface area contributed by atoms with Crippen LogP contribution in [0.3, 0.4) is 0 Å². The third-order valence-corrected chi connectivity index (χ3v) is 4.50. The Balaban J connectivity index is 2.58. The van der Waals surface area contributed by atoms with Gasteiger partial charge in [-0.25, -0.2) is 4.39 Å². The first-order valence-corrected chi connectivity index (χ1v) is 7.17. The Morgan fingerprint density at radius 2 is 2.05 bits per heavy atom. The third-order valence-electron chi connectivity index (χ3n) is 3.57. The number of H-pyrrole nitrogens is 1. The van der Waals surface area contributed by atoms with Gasteiger partial charge in [0.05, 0.1) is 15.5 Å². The molecule has 2 aromatic rings. The van der Waals surface area contributed by atoms with Gasteiger partial charge in [-0.1, -0.05) is 0 Å². The van der Waals surface area contributed by atoms with E-state index in [-0.39, 0.29) is 11.4 Å². The zero-order chi connectivity index (χ0) is 14.4. The topological polar surface area (TPSA) is 24.0 Å². The van der Waals surface area contributed by atoms with Gasteiger partial charge in [0, 0.05) is 18.2 Å². The first-order chi connectivity index (χ1) is 8.72. The molecule has 0 aliphatic rings. The van der Waals surface area contributed by atoms with Crippen LogP contribution in [0.25, 0.3) is 11.0 Å². The number of fused-ring (bicyclic) bond motifs is 1. The molecule has 0 spiro atoms. The van der Waals surface area contributed by atoms with E-state index in [0.717, 1.165) is 17.6 Å². The van der Waals surface area contributed by atoms with E-state index in [2.05, 4.69) is 39.7 Å². The summed E-state index contributed by atoms with van der Waals surface area (Å²) < 4.78 is 16.6. The van der Waals surface area contributed by atoms with Crippen LogP contribution >= 0.6 is 28.1 Å². The number of hydrogen-bond donors (Lipinski definition) is 1. The highest BCUT2D eigenvalue weighted by atomic mass is 79.9. The fraction of sp³-hybridized carbons (Fsp3) is 0.462. The number of nitrogens with zero attached hydrogens (tertiary/aromatic N) is 2. The van der Waals surface area contributed by atoms with Crippen LogP contribution in [0.15, 0.2) is 16.6 Å². The number of imidazole rings is 1. The Morgan fingerprint density at radius 1 is 1.42 bits per heavy atom. The largest absolute Gasteiger partial charge is 0.330 e. The highest BCUT2D eigenvalue weighted by Gasteiger charge is 2.22. The SMILES string of the molecule is CN(C)C(C)(C)Cn1c(=S)[nH]c2cc(F)c(Br)cc21. The zero-order valence-electron chi connectivity index (χ0n) is 11.4. The maximum Gasteiger partial charge on any atom is 0.178 e. The van der Waals surface area contributed by atoms with Gasteiger partial charge in [0.1, 0.15) is 5.82 Å². The lowest BCUT2D eigenvalue weighted by Gasteiger charge is -2.33. The average Bonchev–Trinajstić information content (AvgIpc) is 2.56. The molecule has 0 fully saturated rings. The van der Waals surface area contributed by atoms with Gasteiger partial charge in [-0.15, -0.1) is 0 Å². The molecule has 0 atom stereocenters. The molecule has 0 saturated carbocycles. The Labute approximate surface area is 125 Å². The van der Waals surface area contributed by atoms with E-state index < -0.39 is 0 Å². The lowest BCUT2D eigenvalue weighted by molar-refractivity contribution is 0.170. The van der Waals surface area contributed by atoms with Gasteiger partial charge in [-0.05, 0) is 62.2 Å². The molecule has 0 bridgehead atoms. The van der Waals surface area contributed by atoms with Crippen LogP contribution in [0.5, 0.6) is 0 Å². The van der Waals surface area contributed by atoms with Crippen LogP contribution < -0.4 is 0 Å². The number of benzene rings is 1. The van der Waals surface area contributed by atoms with Crippen LogP contribution in [-0.4, -0.2) is 34.1 Å². The summed E-state index contributed by atoms with van der Waals surface area (Å²) in [6, 6.07) is 3.23. The maximum absolute atomic E-state index is 13.5. The number of likely N-dealkylation sites (N-methyl/N-ethyl adjacent to an activating group) is 1. The normalized spacial score (nSPS) is 12.6. The quantitative estimate of drug-likeness (QED) is 0.851. The van der Waals surface area contributed by atoms with Crippen molar-refractivity contribution in [2.45, 2.75) is 25.9 Å². The van der Waals surface area contributed by atoms with Crippen molar-refractivity contribution in [1.82, 2.24) is 14.5 Å². The van der Waals surface area contributed by atoms with E-state index in [1.807, 2.05) is 18.7 Å². The zero-order valence-corrected chi connectivity index (χ0v) is 13.8. The standard InChI is InChI=1S/C13H17BrFN3S/c1-13(2,17(3)4)7-18-11-5-8(14)9(15)6-10(11)16-12(18)19/h5-6H,7H2,1-4H3,(H,16,19). The molecule has 1 heterocycles. The van der Waals surface area contributed by atoms with E-state index in [0.29, 0.717) is 9.24 Å². The number of aromatic nitrogens is 2. The second kappa shape index (κ2) is 5.00. The minimum Gasteiger partial charge on any atom is -0.330 e. The van der Waals surface area contributed by atoms with E-state index in [9.17, 15) is 4.39 Å². The van der Waals surface area contributed by atoms with Gasteiger partial charge < -0.3 is 14.5 Å². The lowest BCUT2D eigenvalue weighted by atomic mass is 10.0. The van der Waals surface area contributed by atoms with Gasteiger partial charge >= 0.3 is 0 Å². The van der Waals surface area contributed by atoms with Crippen molar-refractivity contribution < 1.29 is 4.39 Å². The molecule has 104 valence electrons. The highest BCUT2D eigenvalue weighted by molar-refractivity contribution is 9.10. The second-order valence-corrected chi connectivity index (χ2v) is 6.75. The Hall–Kier alpha value is -0.720. The van der Waals surface area contributed by atoms with E-state index in [1.165, 1.54) is 6.07 Å². The van der Waals surface area contributed by atoms with Crippen molar-refractivity contribution in [2.75, 3.05) is 14.1 Å². The van der Waals surface area contributed by atoms with Crippen LogP contribution in [0.2, 0.25) is 0 Å².